The molecule has 114 valence electrons. The van der Waals surface area contributed by atoms with Crippen molar-refractivity contribution in [3.8, 4) is 6.07 Å². The predicted molar refractivity (Wildman–Crippen MR) is 94.8 cm³/mol. The van der Waals surface area contributed by atoms with E-state index in [1.807, 2.05) is 30.3 Å². The van der Waals surface area contributed by atoms with Crippen molar-refractivity contribution in [2.24, 2.45) is 0 Å². The summed E-state index contributed by atoms with van der Waals surface area (Å²) in [6.07, 6.45) is 1.63. The molecule has 1 N–H and O–H groups in total. The highest BCUT2D eigenvalue weighted by atomic mass is 35.5. The molecule has 3 aromatic rings. The van der Waals surface area contributed by atoms with Crippen LogP contribution in [0.4, 0.5) is 0 Å². The molecule has 3 rings (SSSR count). The molecule has 0 aliphatic carbocycles. The molecule has 0 fully saturated rings. The van der Waals surface area contributed by atoms with E-state index >= 15 is 0 Å². The van der Waals surface area contributed by atoms with Crippen LogP contribution in [0, 0.1) is 11.3 Å². The summed E-state index contributed by atoms with van der Waals surface area (Å²) in [6.45, 7) is 0. The van der Waals surface area contributed by atoms with Gasteiger partial charge in [-0.3, -0.25) is 0 Å². The van der Waals surface area contributed by atoms with E-state index in [0.717, 1.165) is 10.2 Å². The Balaban J connectivity index is 1.87. The van der Waals surface area contributed by atoms with Crippen LogP contribution >= 0.6 is 34.7 Å². The second-order valence-corrected chi connectivity index (χ2v) is 6.90. The second kappa shape index (κ2) is 7.01. The van der Waals surface area contributed by atoms with Crippen LogP contribution in [0.25, 0.3) is 15.8 Å². The van der Waals surface area contributed by atoms with Gasteiger partial charge in [0.2, 0.25) is 0 Å². The molecule has 0 aliphatic rings. The van der Waals surface area contributed by atoms with Crippen LogP contribution < -0.4 is 0 Å². The van der Waals surface area contributed by atoms with Crippen LogP contribution in [0.5, 0.6) is 0 Å². The number of nitrogens with zero attached hydrogens (tertiary/aromatic N) is 3. The molecular formula is C16H10ClN3OS2. The summed E-state index contributed by atoms with van der Waals surface area (Å²) in [4.78, 5) is 8.55. The zero-order chi connectivity index (χ0) is 16.2. The number of hydrogen-bond donors (Lipinski definition) is 1. The zero-order valence-electron chi connectivity index (χ0n) is 11.7. The summed E-state index contributed by atoms with van der Waals surface area (Å²) in [6, 6.07) is 13.1. The number of aliphatic hydroxyl groups excluding tert-OH is 1. The Bertz CT molecular complexity index is 897. The SMILES string of the molecule is N#CC(=C(O)CSc1ncccc1Cl)c1nc2ccccc2s1. The van der Waals surface area contributed by atoms with E-state index in [2.05, 4.69) is 9.97 Å². The number of aliphatic hydroxyl groups is 1. The van der Waals surface area contributed by atoms with E-state index in [1.54, 1.807) is 18.3 Å². The fraction of sp³-hybridized carbons (Fsp3) is 0.0625. The van der Waals surface area contributed by atoms with E-state index in [4.69, 9.17) is 11.6 Å². The monoisotopic (exact) mass is 359 g/mol. The van der Waals surface area contributed by atoms with E-state index in [9.17, 15) is 10.4 Å². The van der Waals surface area contributed by atoms with Gasteiger partial charge in [-0.25, -0.2) is 9.97 Å². The topological polar surface area (TPSA) is 69.8 Å². The van der Waals surface area contributed by atoms with Crippen molar-refractivity contribution in [2.75, 3.05) is 5.75 Å². The van der Waals surface area contributed by atoms with Gasteiger partial charge in [-0.05, 0) is 24.3 Å². The summed E-state index contributed by atoms with van der Waals surface area (Å²) in [5, 5.41) is 21.3. The number of allylic oxidation sites excluding steroid dienone is 1. The summed E-state index contributed by atoms with van der Waals surface area (Å²) in [7, 11) is 0. The molecule has 0 amide bonds. The molecule has 2 heterocycles. The maximum atomic E-state index is 10.3. The largest absolute Gasteiger partial charge is 0.510 e. The lowest BCUT2D eigenvalue weighted by Gasteiger charge is -2.03. The zero-order valence-corrected chi connectivity index (χ0v) is 14.1. The van der Waals surface area contributed by atoms with Crippen LogP contribution in [-0.2, 0) is 0 Å². The van der Waals surface area contributed by atoms with Crippen LogP contribution in [0.1, 0.15) is 5.01 Å². The minimum absolute atomic E-state index is 0.0294. The quantitative estimate of drug-likeness (QED) is 0.406. The molecule has 0 saturated carbocycles. The normalized spacial score (nSPS) is 12.0. The number of hydrogen-bond acceptors (Lipinski definition) is 6. The highest BCUT2D eigenvalue weighted by Crippen LogP contribution is 2.31. The van der Waals surface area contributed by atoms with Crippen LogP contribution in [0.2, 0.25) is 5.02 Å². The van der Waals surface area contributed by atoms with Gasteiger partial charge in [0.1, 0.15) is 27.4 Å². The van der Waals surface area contributed by atoms with E-state index < -0.39 is 0 Å². The van der Waals surface area contributed by atoms with Gasteiger partial charge in [-0.15, -0.1) is 11.3 Å². The van der Waals surface area contributed by atoms with E-state index in [0.29, 0.717) is 15.1 Å². The molecule has 7 heteroatoms. The molecule has 0 radical (unpaired) electrons. The van der Waals surface area contributed by atoms with Crippen molar-refractivity contribution < 1.29 is 5.11 Å². The lowest BCUT2D eigenvalue weighted by molar-refractivity contribution is 0.421. The maximum absolute atomic E-state index is 10.3. The van der Waals surface area contributed by atoms with Gasteiger partial charge in [0, 0.05) is 6.20 Å². The van der Waals surface area contributed by atoms with Gasteiger partial charge < -0.3 is 5.11 Å². The van der Waals surface area contributed by atoms with E-state index in [1.165, 1.54) is 23.1 Å². The third kappa shape index (κ3) is 3.48. The fourth-order valence-corrected chi connectivity index (χ4v) is 3.93. The average molecular weight is 360 g/mol. The molecular weight excluding hydrogens is 350 g/mol. The Kier molecular flexibility index (Phi) is 4.82. The Hall–Kier alpha value is -2.07. The predicted octanol–water partition coefficient (Wildman–Crippen LogP) is 4.93. The minimum atomic E-state index is -0.0294. The minimum Gasteiger partial charge on any atom is -0.510 e. The number of pyridine rings is 1. The van der Waals surface area contributed by atoms with Crippen molar-refractivity contribution in [3.05, 3.63) is 58.4 Å². The number of thiazole rings is 1. The molecule has 0 unspecified atom stereocenters. The summed E-state index contributed by atoms with van der Waals surface area (Å²) >= 11 is 8.69. The maximum Gasteiger partial charge on any atom is 0.138 e. The van der Waals surface area contributed by atoms with Crippen LogP contribution in [-0.4, -0.2) is 20.8 Å². The van der Waals surface area contributed by atoms with Crippen molar-refractivity contribution in [2.45, 2.75) is 5.03 Å². The molecule has 2 aromatic heterocycles. The van der Waals surface area contributed by atoms with Crippen molar-refractivity contribution in [1.82, 2.24) is 9.97 Å². The first-order valence-electron chi connectivity index (χ1n) is 6.60. The number of para-hydroxylation sites is 1. The first kappa shape index (κ1) is 15.8. The highest BCUT2D eigenvalue weighted by molar-refractivity contribution is 7.99. The third-order valence-electron chi connectivity index (χ3n) is 2.98. The average Bonchev–Trinajstić information content (AvgIpc) is 2.98. The standard InChI is InChI=1S/C16H10ClN3OS2/c17-11-4-3-7-19-16(11)22-9-13(21)10(8-18)15-20-12-5-1-2-6-14(12)23-15/h1-7,21H,9H2. The van der Waals surface area contributed by atoms with Crippen molar-refractivity contribution in [3.63, 3.8) is 0 Å². The summed E-state index contributed by atoms with van der Waals surface area (Å²) < 4.78 is 0.975. The number of benzene rings is 1. The Morgan fingerprint density at radius 1 is 1.30 bits per heavy atom. The molecule has 0 bridgehead atoms. The first-order valence-corrected chi connectivity index (χ1v) is 8.78. The Morgan fingerprint density at radius 2 is 2.13 bits per heavy atom. The molecule has 23 heavy (non-hydrogen) atoms. The summed E-state index contributed by atoms with van der Waals surface area (Å²) in [5.41, 5.74) is 0.999. The number of rotatable bonds is 4. The molecule has 4 nitrogen and oxygen atoms in total. The van der Waals surface area contributed by atoms with Crippen LogP contribution in [0.15, 0.2) is 53.4 Å². The highest BCUT2D eigenvalue weighted by Gasteiger charge is 2.14. The van der Waals surface area contributed by atoms with Gasteiger partial charge in [-0.1, -0.05) is 35.5 Å². The third-order valence-corrected chi connectivity index (χ3v) is 5.47. The summed E-state index contributed by atoms with van der Waals surface area (Å²) in [5.74, 6) is 0.175. The van der Waals surface area contributed by atoms with Gasteiger partial charge in [0.15, 0.2) is 0 Å². The molecule has 0 aliphatic heterocycles. The molecule has 0 atom stereocenters. The Labute approximate surface area is 146 Å². The van der Waals surface area contributed by atoms with Crippen LogP contribution in [0.3, 0.4) is 0 Å². The number of thioether (sulfide) groups is 1. The smallest absolute Gasteiger partial charge is 0.138 e. The van der Waals surface area contributed by atoms with Crippen molar-refractivity contribution in [1.29, 1.82) is 5.26 Å². The molecule has 0 spiro atoms. The van der Waals surface area contributed by atoms with Gasteiger partial charge in [-0.2, -0.15) is 5.26 Å². The van der Waals surface area contributed by atoms with Gasteiger partial charge >= 0.3 is 0 Å². The second-order valence-electron chi connectivity index (χ2n) is 4.50. The molecule has 0 saturated heterocycles. The molecule has 1 aromatic carbocycles. The van der Waals surface area contributed by atoms with Crippen molar-refractivity contribution >= 4 is 50.5 Å². The lowest BCUT2D eigenvalue weighted by Crippen LogP contribution is -1.93. The number of aromatic nitrogens is 2. The Morgan fingerprint density at radius 3 is 2.87 bits per heavy atom. The van der Waals surface area contributed by atoms with Gasteiger partial charge in [0.05, 0.1) is 21.0 Å². The van der Waals surface area contributed by atoms with Gasteiger partial charge in [0.25, 0.3) is 0 Å². The number of nitriles is 1. The first-order chi connectivity index (χ1) is 11.2. The van der Waals surface area contributed by atoms with E-state index in [-0.39, 0.29) is 17.1 Å². The number of halogens is 1. The lowest BCUT2D eigenvalue weighted by atomic mass is 10.2. The fourth-order valence-electron chi connectivity index (χ4n) is 1.90. The number of fused-ring (bicyclic) bond motifs is 1.